The van der Waals surface area contributed by atoms with E-state index in [4.69, 9.17) is 4.74 Å². The van der Waals surface area contributed by atoms with Gasteiger partial charge in [0.15, 0.2) is 0 Å². The number of carboxylic acids is 1. The molecule has 8 heteroatoms. The molecule has 0 aromatic heterocycles. The zero-order valence-corrected chi connectivity index (χ0v) is 12.7. The first-order valence-electron chi connectivity index (χ1n) is 7.08. The molecule has 2 rings (SSSR count). The molecule has 1 amide bonds. The Kier molecular flexibility index (Phi) is 3.66. The first kappa shape index (κ1) is 16.9. The van der Waals surface area contributed by atoms with Gasteiger partial charge in [0.05, 0.1) is 5.92 Å². The lowest BCUT2D eigenvalue weighted by atomic mass is 9.45. The van der Waals surface area contributed by atoms with Gasteiger partial charge in [-0.2, -0.15) is 13.2 Å². The summed E-state index contributed by atoms with van der Waals surface area (Å²) in [5.74, 6) is -2.60. The van der Waals surface area contributed by atoms with Gasteiger partial charge in [0.25, 0.3) is 0 Å². The lowest BCUT2D eigenvalue weighted by molar-refractivity contribution is -0.244. The van der Waals surface area contributed by atoms with E-state index in [9.17, 15) is 27.9 Å². The van der Waals surface area contributed by atoms with Crippen LogP contribution in [-0.4, -0.2) is 34.5 Å². The van der Waals surface area contributed by atoms with E-state index in [0.29, 0.717) is 0 Å². The molecule has 22 heavy (non-hydrogen) atoms. The average Bonchev–Trinajstić information content (AvgIpc) is 2.13. The number of alkyl halides is 3. The van der Waals surface area contributed by atoms with Gasteiger partial charge in [-0.15, -0.1) is 0 Å². The van der Waals surface area contributed by atoms with Crippen molar-refractivity contribution >= 4 is 12.1 Å². The minimum Gasteiger partial charge on any atom is -0.480 e. The monoisotopic (exact) mass is 323 g/mol. The third-order valence-electron chi connectivity index (χ3n) is 4.32. The normalized spacial score (nSPS) is 34.5. The number of amides is 1. The number of alkyl carbamates (subject to hydrolysis) is 1. The maximum Gasteiger partial charge on any atom is 0.408 e. The molecule has 0 aromatic carbocycles. The van der Waals surface area contributed by atoms with Crippen LogP contribution in [0, 0.1) is 11.3 Å². The Morgan fingerprint density at radius 1 is 1.18 bits per heavy atom. The highest BCUT2D eigenvalue weighted by Gasteiger charge is 2.68. The summed E-state index contributed by atoms with van der Waals surface area (Å²) in [7, 11) is 0. The fourth-order valence-electron chi connectivity index (χ4n) is 3.53. The van der Waals surface area contributed by atoms with Gasteiger partial charge in [-0.05, 0) is 51.9 Å². The number of halogens is 3. The Morgan fingerprint density at radius 3 is 2.05 bits per heavy atom. The number of hydrogen-bond donors (Lipinski definition) is 2. The van der Waals surface area contributed by atoms with Crippen LogP contribution in [0.5, 0.6) is 0 Å². The topological polar surface area (TPSA) is 75.6 Å². The first-order chi connectivity index (χ1) is 9.77. The zero-order chi connectivity index (χ0) is 17.0. The smallest absolute Gasteiger partial charge is 0.408 e. The van der Waals surface area contributed by atoms with Crippen LogP contribution >= 0.6 is 0 Å². The Morgan fingerprint density at radius 2 is 1.68 bits per heavy atom. The quantitative estimate of drug-likeness (QED) is 0.819. The van der Waals surface area contributed by atoms with Crippen molar-refractivity contribution in [2.45, 2.75) is 63.8 Å². The molecule has 2 aliphatic rings. The van der Waals surface area contributed by atoms with Crippen molar-refractivity contribution in [1.82, 2.24) is 5.32 Å². The summed E-state index contributed by atoms with van der Waals surface area (Å²) in [6, 6.07) is 0. The molecule has 0 aliphatic heterocycles. The summed E-state index contributed by atoms with van der Waals surface area (Å²) in [6.45, 7) is 4.92. The number of hydrogen-bond acceptors (Lipinski definition) is 3. The SMILES string of the molecule is CC(C)(C)OC(=O)NC1(C(=O)O)CC2(CC(C(F)(F)F)C2)C1. The van der Waals surface area contributed by atoms with Crippen LogP contribution in [-0.2, 0) is 9.53 Å². The summed E-state index contributed by atoms with van der Waals surface area (Å²) in [6.07, 6.45) is -5.20. The van der Waals surface area contributed by atoms with Gasteiger partial charge in [-0.3, -0.25) is 0 Å². The largest absolute Gasteiger partial charge is 0.480 e. The number of nitrogens with one attached hydrogen (secondary N) is 1. The number of carboxylic acid groups (broad SMARTS) is 1. The van der Waals surface area contributed by atoms with Crippen LogP contribution in [0.1, 0.15) is 46.5 Å². The van der Waals surface area contributed by atoms with Gasteiger partial charge >= 0.3 is 18.2 Å². The van der Waals surface area contributed by atoms with Crippen LogP contribution in [0.25, 0.3) is 0 Å². The summed E-state index contributed by atoms with van der Waals surface area (Å²) < 4.78 is 42.7. The van der Waals surface area contributed by atoms with E-state index in [0.717, 1.165) is 0 Å². The Labute approximate surface area is 126 Å². The van der Waals surface area contributed by atoms with Crippen molar-refractivity contribution in [3.8, 4) is 0 Å². The van der Waals surface area contributed by atoms with Gasteiger partial charge in [0, 0.05) is 0 Å². The third kappa shape index (κ3) is 3.15. The van der Waals surface area contributed by atoms with E-state index in [1.54, 1.807) is 20.8 Å². The van der Waals surface area contributed by atoms with Crippen molar-refractivity contribution in [2.75, 3.05) is 0 Å². The van der Waals surface area contributed by atoms with E-state index < -0.39 is 40.7 Å². The number of carbonyl (C=O) groups excluding carboxylic acids is 1. The van der Waals surface area contributed by atoms with Crippen LogP contribution in [0.3, 0.4) is 0 Å². The molecular weight excluding hydrogens is 303 g/mol. The molecule has 0 unspecified atom stereocenters. The summed E-state index contributed by atoms with van der Waals surface area (Å²) in [4.78, 5) is 23.2. The van der Waals surface area contributed by atoms with Crippen molar-refractivity contribution in [1.29, 1.82) is 0 Å². The highest BCUT2D eigenvalue weighted by Crippen LogP contribution is 2.65. The minimum absolute atomic E-state index is 0.0150. The van der Waals surface area contributed by atoms with Gasteiger partial charge in [-0.1, -0.05) is 0 Å². The van der Waals surface area contributed by atoms with Crippen molar-refractivity contribution in [3.63, 3.8) is 0 Å². The second-order valence-electron chi connectivity index (χ2n) is 7.51. The van der Waals surface area contributed by atoms with E-state index >= 15 is 0 Å². The highest BCUT2D eigenvalue weighted by atomic mass is 19.4. The summed E-state index contributed by atoms with van der Waals surface area (Å²) >= 11 is 0. The average molecular weight is 323 g/mol. The molecule has 1 spiro atoms. The third-order valence-corrected chi connectivity index (χ3v) is 4.32. The molecule has 0 bridgehead atoms. The van der Waals surface area contributed by atoms with Gasteiger partial charge in [0.2, 0.25) is 0 Å². The highest BCUT2D eigenvalue weighted by molar-refractivity contribution is 5.86. The molecule has 126 valence electrons. The van der Waals surface area contributed by atoms with E-state index in [2.05, 4.69) is 5.32 Å². The molecule has 0 radical (unpaired) electrons. The Hall–Kier alpha value is -1.47. The molecule has 2 fully saturated rings. The van der Waals surface area contributed by atoms with E-state index in [-0.39, 0.29) is 25.7 Å². The second kappa shape index (κ2) is 4.76. The maximum atomic E-state index is 12.5. The van der Waals surface area contributed by atoms with E-state index in [1.165, 1.54) is 0 Å². The second-order valence-corrected chi connectivity index (χ2v) is 7.51. The molecule has 2 N–H and O–H groups in total. The molecule has 0 saturated heterocycles. The van der Waals surface area contributed by atoms with Crippen molar-refractivity contribution in [2.24, 2.45) is 11.3 Å². The fourth-order valence-corrected chi connectivity index (χ4v) is 3.53. The molecule has 0 aromatic rings. The summed E-state index contributed by atoms with van der Waals surface area (Å²) in [5, 5.41) is 11.6. The Balaban J connectivity index is 1.95. The van der Waals surface area contributed by atoms with E-state index in [1.807, 2.05) is 0 Å². The molecular formula is C14H20F3NO4. The first-order valence-corrected chi connectivity index (χ1v) is 7.08. The number of aliphatic carboxylic acids is 1. The number of ether oxygens (including phenoxy) is 1. The molecule has 5 nitrogen and oxygen atoms in total. The van der Waals surface area contributed by atoms with Crippen LogP contribution in [0.2, 0.25) is 0 Å². The lowest BCUT2D eigenvalue weighted by Gasteiger charge is -2.61. The number of carbonyl (C=O) groups is 2. The fraction of sp³-hybridized carbons (Fsp3) is 0.857. The van der Waals surface area contributed by atoms with Crippen molar-refractivity contribution < 1.29 is 32.6 Å². The summed E-state index contributed by atoms with van der Waals surface area (Å²) in [5.41, 5.74) is -2.91. The maximum absolute atomic E-state index is 12.5. The minimum atomic E-state index is -4.23. The molecule has 0 atom stereocenters. The Bertz CT molecular complexity index is 481. The van der Waals surface area contributed by atoms with Crippen molar-refractivity contribution in [3.05, 3.63) is 0 Å². The lowest BCUT2D eigenvalue weighted by Crippen LogP contribution is -2.70. The molecule has 0 heterocycles. The van der Waals surface area contributed by atoms with Gasteiger partial charge < -0.3 is 15.2 Å². The predicted octanol–water partition coefficient (Wildman–Crippen LogP) is 3.09. The standard InChI is InChI=1S/C14H20F3NO4/c1-11(2,3)22-10(21)18-13(9(19)20)6-12(7-13)4-8(5-12)14(15,16)17/h8H,4-7H2,1-3H3,(H,18,21)(H,19,20). The van der Waals surface area contributed by atoms with Gasteiger partial charge in [0.1, 0.15) is 11.1 Å². The molecule has 2 saturated carbocycles. The zero-order valence-electron chi connectivity index (χ0n) is 12.7. The molecule has 2 aliphatic carbocycles. The van der Waals surface area contributed by atoms with Gasteiger partial charge in [-0.25, -0.2) is 9.59 Å². The number of rotatable bonds is 2. The van der Waals surface area contributed by atoms with Crippen LogP contribution in [0.4, 0.5) is 18.0 Å². The van der Waals surface area contributed by atoms with Crippen LogP contribution in [0.15, 0.2) is 0 Å². The predicted molar refractivity (Wildman–Crippen MR) is 70.2 cm³/mol. The van der Waals surface area contributed by atoms with Crippen LogP contribution < -0.4 is 5.32 Å².